The molecule has 0 radical (unpaired) electrons. The average molecular weight is 329 g/mol. The molecule has 6 nitrogen and oxygen atoms in total. The summed E-state index contributed by atoms with van der Waals surface area (Å²) in [4.78, 5) is 19.2. The van der Waals surface area contributed by atoms with Gasteiger partial charge in [-0.1, -0.05) is 0 Å². The van der Waals surface area contributed by atoms with Crippen LogP contribution in [0.1, 0.15) is 12.1 Å². The van der Waals surface area contributed by atoms with Crippen LogP contribution in [0.2, 0.25) is 0 Å². The van der Waals surface area contributed by atoms with Crippen LogP contribution >= 0.6 is 0 Å². The van der Waals surface area contributed by atoms with Crippen molar-refractivity contribution in [3.63, 3.8) is 0 Å². The van der Waals surface area contributed by atoms with Gasteiger partial charge in [0.25, 0.3) is 0 Å². The standard InChI is InChI=1S/C14H14F3N3O3/c15-14(16,17)23-12-5-3-11(4-6-12)20(13(21)22)7-1-2-10-8-18-9-19-10/h3-6,8-9H,1-2,7H2,(H,18,19)(H,21,22). The number of carbonyl (C=O) groups is 1. The van der Waals surface area contributed by atoms with Crippen LogP contribution in [0.3, 0.4) is 0 Å². The molecule has 0 unspecified atom stereocenters. The molecule has 1 aromatic carbocycles. The number of nitrogens with zero attached hydrogens (tertiary/aromatic N) is 2. The number of rotatable bonds is 6. The van der Waals surface area contributed by atoms with E-state index < -0.39 is 18.2 Å². The Bertz CT molecular complexity index is 627. The third-order valence-electron chi connectivity index (χ3n) is 2.98. The molecule has 9 heteroatoms. The first-order chi connectivity index (χ1) is 10.8. The molecule has 0 fully saturated rings. The Labute approximate surface area is 129 Å². The highest BCUT2D eigenvalue weighted by molar-refractivity contribution is 5.86. The van der Waals surface area contributed by atoms with Gasteiger partial charge < -0.3 is 14.8 Å². The number of anilines is 1. The Morgan fingerprint density at radius 3 is 2.52 bits per heavy atom. The minimum absolute atomic E-state index is 0.196. The van der Waals surface area contributed by atoms with Gasteiger partial charge in [-0.3, -0.25) is 4.90 Å². The van der Waals surface area contributed by atoms with Crippen molar-refractivity contribution in [1.29, 1.82) is 0 Å². The number of aromatic nitrogens is 2. The number of imidazole rings is 1. The smallest absolute Gasteiger partial charge is 0.465 e. The van der Waals surface area contributed by atoms with E-state index in [1.807, 2.05) is 0 Å². The normalized spacial score (nSPS) is 11.3. The Morgan fingerprint density at radius 1 is 1.30 bits per heavy atom. The number of amides is 1. The van der Waals surface area contributed by atoms with E-state index >= 15 is 0 Å². The number of halogens is 3. The molecule has 0 spiro atoms. The van der Waals surface area contributed by atoms with Crippen molar-refractivity contribution in [2.75, 3.05) is 11.4 Å². The number of benzene rings is 1. The fraction of sp³-hybridized carbons (Fsp3) is 0.286. The van der Waals surface area contributed by atoms with E-state index in [4.69, 9.17) is 0 Å². The first kappa shape index (κ1) is 16.7. The summed E-state index contributed by atoms with van der Waals surface area (Å²) in [5, 5.41) is 9.23. The quantitative estimate of drug-likeness (QED) is 0.851. The minimum Gasteiger partial charge on any atom is -0.465 e. The lowest BCUT2D eigenvalue weighted by atomic mass is 10.2. The van der Waals surface area contributed by atoms with Gasteiger partial charge in [0.05, 0.1) is 12.0 Å². The molecule has 1 heterocycles. The van der Waals surface area contributed by atoms with Crippen LogP contribution in [-0.2, 0) is 6.42 Å². The Kier molecular flexibility index (Phi) is 5.09. The molecule has 1 aromatic heterocycles. The summed E-state index contributed by atoms with van der Waals surface area (Å²) in [6.45, 7) is 0.196. The number of aromatic amines is 1. The van der Waals surface area contributed by atoms with Crippen LogP contribution in [0.15, 0.2) is 36.8 Å². The van der Waals surface area contributed by atoms with Crippen molar-refractivity contribution in [3.05, 3.63) is 42.5 Å². The van der Waals surface area contributed by atoms with E-state index in [0.29, 0.717) is 12.8 Å². The van der Waals surface area contributed by atoms with E-state index in [9.17, 15) is 23.1 Å². The van der Waals surface area contributed by atoms with Gasteiger partial charge in [-0.15, -0.1) is 13.2 Å². The van der Waals surface area contributed by atoms with E-state index in [1.165, 1.54) is 18.5 Å². The van der Waals surface area contributed by atoms with Crippen LogP contribution in [0.25, 0.3) is 0 Å². The zero-order chi connectivity index (χ0) is 16.9. The van der Waals surface area contributed by atoms with Gasteiger partial charge in [0.1, 0.15) is 5.75 Å². The van der Waals surface area contributed by atoms with Crippen LogP contribution in [0, 0.1) is 0 Å². The SMILES string of the molecule is O=C(O)N(CCCc1c[nH]cn1)c1ccc(OC(F)(F)F)cc1. The number of hydrogen-bond donors (Lipinski definition) is 2. The summed E-state index contributed by atoms with van der Waals surface area (Å²) in [6, 6.07) is 4.69. The monoisotopic (exact) mass is 329 g/mol. The summed E-state index contributed by atoms with van der Waals surface area (Å²) in [5.41, 5.74) is 1.08. The predicted octanol–water partition coefficient (Wildman–Crippen LogP) is 3.43. The number of nitrogens with one attached hydrogen (secondary N) is 1. The molecule has 0 aliphatic rings. The molecular weight excluding hydrogens is 315 g/mol. The van der Waals surface area contributed by atoms with Crippen LogP contribution in [0.5, 0.6) is 5.75 Å². The van der Waals surface area contributed by atoms with Crippen LogP contribution in [-0.4, -0.2) is 34.1 Å². The Morgan fingerprint density at radius 2 is 2.00 bits per heavy atom. The maximum absolute atomic E-state index is 12.1. The summed E-state index contributed by atoms with van der Waals surface area (Å²) in [6.07, 6.45) is -1.60. The molecule has 0 aliphatic carbocycles. The number of alkyl halides is 3. The second-order valence-corrected chi connectivity index (χ2v) is 4.64. The summed E-state index contributed by atoms with van der Waals surface area (Å²) >= 11 is 0. The third kappa shape index (κ3) is 5.20. The lowest BCUT2D eigenvalue weighted by molar-refractivity contribution is -0.274. The molecule has 124 valence electrons. The van der Waals surface area contributed by atoms with E-state index in [0.717, 1.165) is 22.7 Å². The summed E-state index contributed by atoms with van der Waals surface area (Å²) in [7, 11) is 0. The van der Waals surface area contributed by atoms with Crippen LogP contribution in [0.4, 0.5) is 23.7 Å². The number of H-pyrrole nitrogens is 1. The summed E-state index contributed by atoms with van der Waals surface area (Å²) < 4.78 is 40.0. The Hall–Kier alpha value is -2.71. The fourth-order valence-electron chi connectivity index (χ4n) is 2.01. The van der Waals surface area contributed by atoms with Gasteiger partial charge in [-0.05, 0) is 37.1 Å². The highest BCUT2D eigenvalue weighted by Gasteiger charge is 2.31. The number of carboxylic acid groups (broad SMARTS) is 1. The first-order valence-electron chi connectivity index (χ1n) is 6.69. The van der Waals surface area contributed by atoms with Gasteiger partial charge in [0, 0.05) is 18.4 Å². The molecule has 0 saturated carbocycles. The molecule has 1 amide bonds. The highest BCUT2D eigenvalue weighted by atomic mass is 19.4. The van der Waals surface area contributed by atoms with Gasteiger partial charge in [0.2, 0.25) is 0 Å². The van der Waals surface area contributed by atoms with Crippen molar-refractivity contribution in [1.82, 2.24) is 9.97 Å². The maximum Gasteiger partial charge on any atom is 0.573 e. The highest BCUT2D eigenvalue weighted by Crippen LogP contribution is 2.25. The molecule has 2 N–H and O–H groups in total. The predicted molar refractivity (Wildman–Crippen MR) is 75.4 cm³/mol. The van der Waals surface area contributed by atoms with Crippen molar-refractivity contribution in [3.8, 4) is 5.75 Å². The first-order valence-corrected chi connectivity index (χ1v) is 6.69. The number of hydrogen-bond acceptors (Lipinski definition) is 3. The van der Waals surface area contributed by atoms with Gasteiger partial charge >= 0.3 is 12.5 Å². The second kappa shape index (κ2) is 7.03. The molecule has 0 atom stereocenters. The minimum atomic E-state index is -4.78. The molecule has 2 rings (SSSR count). The average Bonchev–Trinajstić information content (AvgIpc) is 2.96. The second-order valence-electron chi connectivity index (χ2n) is 4.64. The maximum atomic E-state index is 12.1. The van der Waals surface area contributed by atoms with Crippen molar-refractivity contribution >= 4 is 11.8 Å². The van der Waals surface area contributed by atoms with Crippen molar-refractivity contribution < 1.29 is 27.8 Å². The number of ether oxygens (including phenoxy) is 1. The lowest BCUT2D eigenvalue weighted by Crippen LogP contribution is -2.30. The van der Waals surface area contributed by atoms with Crippen molar-refractivity contribution in [2.45, 2.75) is 19.2 Å². The lowest BCUT2D eigenvalue weighted by Gasteiger charge is -2.19. The molecule has 23 heavy (non-hydrogen) atoms. The topological polar surface area (TPSA) is 78.5 Å². The zero-order valence-corrected chi connectivity index (χ0v) is 11.9. The molecular formula is C14H14F3N3O3. The van der Waals surface area contributed by atoms with Gasteiger partial charge in [-0.25, -0.2) is 9.78 Å². The number of aryl methyl sites for hydroxylation is 1. The molecule has 0 aliphatic heterocycles. The summed E-state index contributed by atoms with van der Waals surface area (Å²) in [5.74, 6) is -0.400. The van der Waals surface area contributed by atoms with Gasteiger partial charge in [-0.2, -0.15) is 0 Å². The van der Waals surface area contributed by atoms with E-state index in [-0.39, 0.29) is 12.2 Å². The van der Waals surface area contributed by atoms with E-state index in [2.05, 4.69) is 14.7 Å². The van der Waals surface area contributed by atoms with Gasteiger partial charge in [0.15, 0.2) is 0 Å². The molecule has 0 bridgehead atoms. The largest absolute Gasteiger partial charge is 0.573 e. The fourth-order valence-corrected chi connectivity index (χ4v) is 2.01. The Balaban J connectivity index is 1.98. The molecule has 2 aromatic rings. The third-order valence-corrected chi connectivity index (χ3v) is 2.98. The molecule has 0 saturated heterocycles. The van der Waals surface area contributed by atoms with E-state index in [1.54, 1.807) is 6.20 Å². The van der Waals surface area contributed by atoms with Crippen molar-refractivity contribution in [2.24, 2.45) is 0 Å². The zero-order valence-electron chi connectivity index (χ0n) is 11.9. The van der Waals surface area contributed by atoms with Crippen LogP contribution < -0.4 is 9.64 Å².